The number of hydrogen-bond donors (Lipinski definition) is 1. The summed E-state index contributed by atoms with van der Waals surface area (Å²) in [7, 11) is 0. The maximum absolute atomic E-state index is 5.82. The third-order valence-corrected chi connectivity index (χ3v) is 2.91. The Morgan fingerprint density at radius 1 is 1.35 bits per heavy atom. The molecule has 1 unspecified atom stereocenters. The molecule has 0 aliphatic heterocycles. The maximum Gasteiger partial charge on any atom is 0.110 e. The van der Waals surface area contributed by atoms with Crippen molar-refractivity contribution >= 4 is 0 Å². The summed E-state index contributed by atoms with van der Waals surface area (Å²) in [4.78, 5) is 4.37. The molecule has 17 heavy (non-hydrogen) atoms. The molecule has 3 heteroatoms. The average molecular weight is 229 g/mol. The van der Waals surface area contributed by atoms with Gasteiger partial charge in [0.15, 0.2) is 0 Å². The molecule has 3 nitrogen and oxygen atoms in total. The van der Waals surface area contributed by atoms with Crippen molar-refractivity contribution in [3.8, 4) is 0 Å². The highest BCUT2D eigenvalue weighted by atomic mass is 15.1. The fourth-order valence-corrected chi connectivity index (χ4v) is 1.93. The lowest BCUT2D eigenvalue weighted by atomic mass is 10.1. The van der Waals surface area contributed by atoms with Gasteiger partial charge in [0.05, 0.1) is 0 Å². The molecule has 1 heterocycles. The molecule has 0 fully saturated rings. The molecule has 0 saturated heterocycles. The molecule has 0 aliphatic carbocycles. The summed E-state index contributed by atoms with van der Waals surface area (Å²) in [5, 5.41) is 0. The quantitative estimate of drug-likeness (QED) is 0.872. The van der Waals surface area contributed by atoms with Crippen molar-refractivity contribution in [2.24, 2.45) is 5.73 Å². The number of aromatic nitrogens is 2. The zero-order valence-corrected chi connectivity index (χ0v) is 10.4. The molecule has 0 bridgehead atoms. The number of nitrogens with zero attached hydrogens (tertiary/aromatic N) is 2. The van der Waals surface area contributed by atoms with E-state index in [1.54, 1.807) is 0 Å². The Labute approximate surface area is 102 Å². The smallest absolute Gasteiger partial charge is 0.110 e. The van der Waals surface area contributed by atoms with E-state index < -0.39 is 0 Å². The topological polar surface area (TPSA) is 43.8 Å². The predicted molar refractivity (Wildman–Crippen MR) is 69.9 cm³/mol. The molecule has 90 valence electrons. The SMILES string of the molecule is Cc1ccccc1Cn1ccnc1CC(C)N. The lowest BCUT2D eigenvalue weighted by Crippen LogP contribution is -2.20. The second-order valence-corrected chi connectivity index (χ2v) is 4.58. The van der Waals surface area contributed by atoms with Gasteiger partial charge in [-0.2, -0.15) is 0 Å². The van der Waals surface area contributed by atoms with E-state index in [1.165, 1.54) is 11.1 Å². The van der Waals surface area contributed by atoms with Gasteiger partial charge < -0.3 is 10.3 Å². The first-order chi connectivity index (χ1) is 8.16. The van der Waals surface area contributed by atoms with Crippen LogP contribution in [0.3, 0.4) is 0 Å². The molecule has 1 aromatic heterocycles. The second kappa shape index (κ2) is 5.15. The van der Waals surface area contributed by atoms with Gasteiger partial charge in [0.25, 0.3) is 0 Å². The van der Waals surface area contributed by atoms with Crippen LogP contribution in [0.1, 0.15) is 23.9 Å². The van der Waals surface area contributed by atoms with Gasteiger partial charge in [-0.3, -0.25) is 0 Å². The second-order valence-electron chi connectivity index (χ2n) is 4.58. The zero-order chi connectivity index (χ0) is 12.3. The fraction of sp³-hybridized carbons (Fsp3) is 0.357. The molecule has 1 aromatic carbocycles. The van der Waals surface area contributed by atoms with Crippen LogP contribution in [0.15, 0.2) is 36.7 Å². The summed E-state index contributed by atoms with van der Waals surface area (Å²) in [6.07, 6.45) is 4.68. The van der Waals surface area contributed by atoms with E-state index in [1.807, 2.05) is 19.3 Å². The minimum absolute atomic E-state index is 0.146. The molecule has 0 saturated carbocycles. The van der Waals surface area contributed by atoms with Gasteiger partial charge in [0, 0.05) is 31.4 Å². The number of hydrogen-bond acceptors (Lipinski definition) is 2. The molecule has 2 N–H and O–H groups in total. The molecular formula is C14H19N3. The average Bonchev–Trinajstić information content (AvgIpc) is 2.68. The lowest BCUT2D eigenvalue weighted by Gasteiger charge is -2.11. The summed E-state index contributed by atoms with van der Waals surface area (Å²) in [6, 6.07) is 8.58. The van der Waals surface area contributed by atoms with Gasteiger partial charge >= 0.3 is 0 Å². The summed E-state index contributed by atoms with van der Waals surface area (Å²) in [5.74, 6) is 1.06. The Kier molecular flexibility index (Phi) is 3.59. The van der Waals surface area contributed by atoms with E-state index in [2.05, 4.69) is 40.7 Å². The fourth-order valence-electron chi connectivity index (χ4n) is 1.93. The van der Waals surface area contributed by atoms with Gasteiger partial charge in [-0.25, -0.2) is 4.98 Å². The monoisotopic (exact) mass is 229 g/mol. The van der Waals surface area contributed by atoms with Crippen LogP contribution in [0.25, 0.3) is 0 Å². The Bertz CT molecular complexity index is 486. The van der Waals surface area contributed by atoms with Crippen molar-refractivity contribution in [3.05, 3.63) is 53.6 Å². The van der Waals surface area contributed by atoms with Crippen LogP contribution in [0.2, 0.25) is 0 Å². The molecular weight excluding hydrogens is 210 g/mol. The molecule has 2 rings (SSSR count). The van der Waals surface area contributed by atoms with Crippen molar-refractivity contribution < 1.29 is 0 Å². The standard InChI is InChI=1S/C14H19N3/c1-11-5-3-4-6-13(11)10-17-8-7-16-14(17)9-12(2)15/h3-8,12H,9-10,15H2,1-2H3. The summed E-state index contributed by atoms with van der Waals surface area (Å²) in [5.41, 5.74) is 8.47. The van der Waals surface area contributed by atoms with Crippen LogP contribution in [0.4, 0.5) is 0 Å². The van der Waals surface area contributed by atoms with Crippen molar-refractivity contribution in [2.75, 3.05) is 0 Å². The van der Waals surface area contributed by atoms with Gasteiger partial charge in [-0.15, -0.1) is 0 Å². The first kappa shape index (κ1) is 11.9. The van der Waals surface area contributed by atoms with Crippen molar-refractivity contribution in [2.45, 2.75) is 32.9 Å². The normalized spacial score (nSPS) is 12.6. The van der Waals surface area contributed by atoms with Crippen LogP contribution >= 0.6 is 0 Å². The summed E-state index contributed by atoms with van der Waals surface area (Å²) in [6.45, 7) is 5.01. The van der Waals surface area contributed by atoms with Gasteiger partial charge in [-0.1, -0.05) is 24.3 Å². The van der Waals surface area contributed by atoms with Gasteiger partial charge in [0.1, 0.15) is 5.82 Å². The number of benzene rings is 1. The Morgan fingerprint density at radius 2 is 2.12 bits per heavy atom. The molecule has 0 spiro atoms. The van der Waals surface area contributed by atoms with Crippen molar-refractivity contribution in [1.29, 1.82) is 0 Å². The largest absolute Gasteiger partial charge is 0.330 e. The first-order valence-corrected chi connectivity index (χ1v) is 5.97. The molecule has 2 aromatic rings. The third-order valence-electron chi connectivity index (χ3n) is 2.91. The molecule has 0 aliphatic rings. The predicted octanol–water partition coefficient (Wildman–Crippen LogP) is 2.13. The van der Waals surface area contributed by atoms with E-state index in [-0.39, 0.29) is 6.04 Å². The maximum atomic E-state index is 5.82. The summed E-state index contributed by atoms with van der Waals surface area (Å²) >= 11 is 0. The number of rotatable bonds is 4. The highest BCUT2D eigenvalue weighted by molar-refractivity contribution is 5.26. The minimum atomic E-state index is 0.146. The zero-order valence-electron chi connectivity index (χ0n) is 10.4. The Morgan fingerprint density at radius 3 is 2.82 bits per heavy atom. The highest BCUT2D eigenvalue weighted by Gasteiger charge is 2.06. The molecule has 1 atom stereocenters. The van der Waals surface area contributed by atoms with E-state index in [9.17, 15) is 0 Å². The van der Waals surface area contributed by atoms with Crippen LogP contribution in [0, 0.1) is 6.92 Å². The van der Waals surface area contributed by atoms with Crippen LogP contribution < -0.4 is 5.73 Å². The first-order valence-electron chi connectivity index (χ1n) is 5.97. The molecule has 0 radical (unpaired) electrons. The Balaban J connectivity index is 2.19. The van der Waals surface area contributed by atoms with E-state index in [0.717, 1.165) is 18.8 Å². The number of imidazole rings is 1. The third kappa shape index (κ3) is 2.94. The van der Waals surface area contributed by atoms with E-state index >= 15 is 0 Å². The van der Waals surface area contributed by atoms with Gasteiger partial charge in [0.2, 0.25) is 0 Å². The van der Waals surface area contributed by atoms with E-state index in [0.29, 0.717) is 0 Å². The number of nitrogens with two attached hydrogens (primary N) is 1. The van der Waals surface area contributed by atoms with Crippen molar-refractivity contribution in [3.63, 3.8) is 0 Å². The molecule has 0 amide bonds. The van der Waals surface area contributed by atoms with Crippen LogP contribution in [0.5, 0.6) is 0 Å². The lowest BCUT2D eigenvalue weighted by molar-refractivity contribution is 0.647. The minimum Gasteiger partial charge on any atom is -0.330 e. The number of aryl methyl sites for hydroxylation is 1. The van der Waals surface area contributed by atoms with Crippen molar-refractivity contribution in [1.82, 2.24) is 9.55 Å². The highest BCUT2D eigenvalue weighted by Crippen LogP contribution is 2.11. The Hall–Kier alpha value is -1.61. The van der Waals surface area contributed by atoms with Crippen LogP contribution in [-0.4, -0.2) is 15.6 Å². The van der Waals surface area contributed by atoms with Gasteiger partial charge in [-0.05, 0) is 25.0 Å². The summed E-state index contributed by atoms with van der Waals surface area (Å²) < 4.78 is 2.17. The van der Waals surface area contributed by atoms with Crippen LogP contribution in [-0.2, 0) is 13.0 Å². The van der Waals surface area contributed by atoms with E-state index in [4.69, 9.17) is 5.73 Å².